The Balaban J connectivity index is 3.53. The van der Waals surface area contributed by atoms with Gasteiger partial charge in [-0.1, -0.05) is 41.5 Å². The molecular weight excluding hydrogens is 305 g/mol. The van der Waals surface area contributed by atoms with E-state index in [1.807, 2.05) is 19.0 Å². The van der Waals surface area contributed by atoms with E-state index in [0.717, 1.165) is 5.69 Å². The van der Waals surface area contributed by atoms with Gasteiger partial charge in [0.2, 0.25) is 0 Å². The number of hydrogen-bond donors (Lipinski definition) is 1. The zero-order valence-corrected chi connectivity index (χ0v) is 16.0. The van der Waals surface area contributed by atoms with Crippen molar-refractivity contribution in [3.63, 3.8) is 0 Å². The molecule has 5 nitrogen and oxygen atoms in total. The Bertz CT molecular complexity index is 629. The van der Waals surface area contributed by atoms with Gasteiger partial charge in [-0.3, -0.25) is 9.59 Å². The highest BCUT2D eigenvalue weighted by molar-refractivity contribution is 6.25. The van der Waals surface area contributed by atoms with Gasteiger partial charge in [0.1, 0.15) is 0 Å². The molecule has 1 aromatic rings. The molecule has 1 aromatic heterocycles. The van der Waals surface area contributed by atoms with Crippen LogP contribution in [0.15, 0.2) is 30.1 Å². The minimum absolute atomic E-state index is 0.155. The fourth-order valence-corrected chi connectivity index (χ4v) is 2.04. The van der Waals surface area contributed by atoms with Crippen LogP contribution < -0.4 is 9.47 Å². The first kappa shape index (κ1) is 19.9. The second-order valence-electron chi connectivity index (χ2n) is 8.21. The molecule has 0 amide bonds. The number of aliphatic hydroxyl groups is 1. The van der Waals surface area contributed by atoms with E-state index in [0.29, 0.717) is 0 Å². The zero-order valence-electron chi connectivity index (χ0n) is 16.0. The first-order valence-corrected chi connectivity index (χ1v) is 7.98. The Morgan fingerprint density at radius 3 is 1.58 bits per heavy atom. The van der Waals surface area contributed by atoms with E-state index in [1.54, 1.807) is 66.1 Å². The third-order valence-electron chi connectivity index (χ3n) is 3.61. The van der Waals surface area contributed by atoms with Crippen LogP contribution in [0.25, 0.3) is 5.88 Å². The Hall–Kier alpha value is -2.17. The molecule has 0 aliphatic rings. The first-order chi connectivity index (χ1) is 10.8. The second-order valence-corrected chi connectivity index (χ2v) is 8.21. The molecule has 5 heteroatoms. The van der Waals surface area contributed by atoms with Crippen molar-refractivity contribution in [2.75, 3.05) is 19.0 Å². The SMILES string of the molecule is CN(C)c1cc[15n+](C(O)=C(C(=O)C(C)(C)C)C(=O)C(C)(C)C)cc1. The summed E-state index contributed by atoms with van der Waals surface area (Å²) in [6.45, 7) is 10.4. The van der Waals surface area contributed by atoms with Gasteiger partial charge in [0, 0.05) is 42.7 Å². The Labute approximate surface area is 144 Å². The number of ketones is 2. The van der Waals surface area contributed by atoms with Crippen LogP contribution in [0.3, 0.4) is 0 Å². The number of anilines is 1. The average Bonchev–Trinajstić information content (AvgIpc) is 2.45. The smallest absolute Gasteiger partial charge is 0.385 e. The number of aliphatic hydroxyl groups excluding tert-OH is 1. The molecule has 1 N–H and O–H groups in total. The van der Waals surface area contributed by atoms with Gasteiger partial charge in [0.25, 0.3) is 0 Å². The van der Waals surface area contributed by atoms with Crippen LogP contribution in [0, 0.1) is 10.8 Å². The molecule has 1 rings (SSSR count). The summed E-state index contributed by atoms with van der Waals surface area (Å²) in [6.07, 6.45) is 3.27. The molecule has 0 aromatic carbocycles. The quantitative estimate of drug-likeness (QED) is 0.302. The largest absolute Gasteiger partial charge is 0.459 e. The van der Waals surface area contributed by atoms with Crippen molar-refractivity contribution in [3.8, 4) is 0 Å². The third-order valence-corrected chi connectivity index (χ3v) is 3.61. The van der Waals surface area contributed by atoms with E-state index in [9.17, 15) is 14.7 Å². The van der Waals surface area contributed by atoms with Gasteiger partial charge in [-0.05, 0) is 0 Å². The van der Waals surface area contributed by atoms with Gasteiger partial charge in [-0.2, -0.15) is 0 Å². The van der Waals surface area contributed by atoms with Crippen LogP contribution in [0.4, 0.5) is 5.69 Å². The van der Waals surface area contributed by atoms with Crippen LogP contribution in [0.5, 0.6) is 0 Å². The Morgan fingerprint density at radius 2 is 1.29 bits per heavy atom. The summed E-state index contributed by atoms with van der Waals surface area (Å²) in [4.78, 5) is 27.5. The molecule has 0 saturated heterocycles. The number of hydrogen-bond acceptors (Lipinski definition) is 4. The van der Waals surface area contributed by atoms with E-state index in [4.69, 9.17) is 0 Å². The van der Waals surface area contributed by atoms with Crippen molar-refractivity contribution in [1.29, 1.82) is 0 Å². The highest BCUT2D eigenvalue weighted by atomic mass is 16.3. The first-order valence-electron chi connectivity index (χ1n) is 7.98. The lowest BCUT2D eigenvalue weighted by Crippen LogP contribution is -2.40. The van der Waals surface area contributed by atoms with E-state index in [-0.39, 0.29) is 23.0 Å². The van der Waals surface area contributed by atoms with Crippen LogP contribution in [-0.2, 0) is 9.59 Å². The molecule has 0 aliphatic carbocycles. The van der Waals surface area contributed by atoms with Gasteiger partial charge in [-0.25, -0.2) is 0 Å². The van der Waals surface area contributed by atoms with E-state index in [2.05, 4.69) is 0 Å². The molecule has 0 atom stereocenters. The van der Waals surface area contributed by atoms with Crippen molar-refractivity contribution < 1.29 is 19.3 Å². The van der Waals surface area contributed by atoms with E-state index < -0.39 is 10.8 Å². The second kappa shape index (κ2) is 6.75. The highest BCUT2D eigenvalue weighted by Crippen LogP contribution is 2.28. The van der Waals surface area contributed by atoms with Crippen LogP contribution in [-0.4, -0.2) is 30.8 Å². The fourth-order valence-electron chi connectivity index (χ4n) is 2.04. The molecule has 0 bridgehead atoms. The highest BCUT2D eigenvalue weighted by Gasteiger charge is 2.40. The molecule has 0 fully saturated rings. The summed E-state index contributed by atoms with van der Waals surface area (Å²) in [5.41, 5.74) is -0.745. The van der Waals surface area contributed by atoms with Gasteiger partial charge in [0.15, 0.2) is 29.5 Å². The lowest BCUT2D eigenvalue weighted by atomic mass is 9.78. The lowest BCUT2D eigenvalue weighted by Gasteiger charge is -2.22. The van der Waals surface area contributed by atoms with E-state index >= 15 is 0 Å². The molecule has 0 radical (unpaired) electrons. The standard InChI is InChI=1S/C19H28N2O3/c1-18(2,3)15(22)14(16(23)19(4,5)6)17(24)21-11-9-13(10-12-21)20(7)8/h9-12H,1-8H3/p+1/i21+1. The van der Waals surface area contributed by atoms with Crippen LogP contribution in [0.1, 0.15) is 41.5 Å². The molecule has 24 heavy (non-hydrogen) atoms. The predicted molar refractivity (Wildman–Crippen MR) is 95.7 cm³/mol. The van der Waals surface area contributed by atoms with Crippen LogP contribution in [0.2, 0.25) is 0 Å². The van der Waals surface area contributed by atoms with Gasteiger partial charge in [-0.15, -0.1) is 4.57 Å². The number of allylic oxidation sites excluding steroid dienone is 1. The summed E-state index contributed by atoms with van der Waals surface area (Å²) in [5, 5.41) is 10.7. The van der Waals surface area contributed by atoms with Crippen molar-refractivity contribution >= 4 is 23.1 Å². The summed E-state index contributed by atoms with van der Waals surface area (Å²) in [6, 6.07) is 3.61. The summed E-state index contributed by atoms with van der Waals surface area (Å²) in [5.74, 6) is -1.08. The molecule has 0 aliphatic heterocycles. The number of pyridine rings is 1. The molecular formula is C19H29N2O3+. The summed E-state index contributed by atoms with van der Waals surface area (Å²) < 4.78 is 1.40. The lowest BCUT2D eigenvalue weighted by molar-refractivity contribution is -0.599. The Morgan fingerprint density at radius 1 is 0.917 bits per heavy atom. The number of Topliss-reactive ketones (excluding diaryl/α,β-unsaturated/α-hetero) is 2. The minimum atomic E-state index is -0.769. The normalized spacial score (nSPS) is 11.8. The van der Waals surface area contributed by atoms with Gasteiger partial charge < -0.3 is 10.0 Å². The maximum atomic E-state index is 12.8. The predicted octanol–water partition coefficient (Wildman–Crippen LogP) is 3.00. The number of carbonyl (C=O) groups excluding carboxylic acids is 2. The fraction of sp³-hybridized carbons (Fsp3) is 0.526. The van der Waals surface area contributed by atoms with Crippen molar-refractivity contribution in [3.05, 3.63) is 30.1 Å². The third kappa shape index (κ3) is 4.43. The number of aromatic nitrogens is 1. The summed E-state index contributed by atoms with van der Waals surface area (Å²) in [7, 11) is 3.82. The number of rotatable bonds is 4. The van der Waals surface area contributed by atoms with E-state index in [1.165, 1.54) is 4.57 Å². The topological polar surface area (TPSA) is 61.5 Å². The monoisotopic (exact) mass is 334 g/mol. The summed E-state index contributed by atoms with van der Waals surface area (Å²) >= 11 is 0. The minimum Gasteiger partial charge on any atom is -0.459 e. The van der Waals surface area contributed by atoms with Crippen LogP contribution >= 0.6 is 0 Å². The van der Waals surface area contributed by atoms with Crippen molar-refractivity contribution in [2.45, 2.75) is 41.5 Å². The number of nitrogens with zero attached hydrogens (tertiary/aromatic N) is 2. The molecule has 0 saturated carbocycles. The molecule has 1 heterocycles. The van der Waals surface area contributed by atoms with Gasteiger partial charge >= 0.3 is 5.88 Å². The number of carbonyl (C=O) groups is 2. The van der Waals surface area contributed by atoms with Gasteiger partial charge in [0.05, 0.1) is 0 Å². The molecule has 132 valence electrons. The maximum absolute atomic E-state index is 12.8. The van der Waals surface area contributed by atoms with Crippen molar-refractivity contribution in [2.24, 2.45) is 10.8 Å². The van der Waals surface area contributed by atoms with Crippen molar-refractivity contribution in [1.82, 2.24) is 0 Å². The molecule has 0 unspecified atom stereocenters. The Kier molecular flexibility index (Phi) is 5.59. The zero-order chi connectivity index (χ0) is 18.9. The molecule has 0 spiro atoms. The maximum Gasteiger partial charge on any atom is 0.385 e. The average molecular weight is 334 g/mol.